The molecule has 22 heavy (non-hydrogen) atoms. The predicted octanol–water partition coefficient (Wildman–Crippen LogP) is 4.14. The van der Waals surface area contributed by atoms with Crippen LogP contribution in [0.1, 0.15) is 16.7 Å². The molecule has 0 aliphatic heterocycles. The fraction of sp³-hybridized carbons (Fsp3) is 0.188. The molecule has 3 nitrogen and oxygen atoms in total. The second kappa shape index (κ2) is 6.98. The first-order valence-corrected chi connectivity index (χ1v) is 6.37. The van der Waals surface area contributed by atoms with Gasteiger partial charge >= 0.3 is 6.18 Å². The van der Waals surface area contributed by atoms with Gasteiger partial charge in [-0.25, -0.2) is 0 Å². The topological polar surface area (TPSA) is 30.8 Å². The average molecular weight is 308 g/mol. The smallest absolute Gasteiger partial charge is 0.416 e. The Morgan fingerprint density at radius 1 is 1.09 bits per heavy atom. The Bertz CT molecular complexity index is 654. The molecule has 1 radical (unpaired) electrons. The van der Waals surface area contributed by atoms with Crippen molar-refractivity contribution in [2.24, 2.45) is 5.16 Å². The minimum Gasteiger partial charge on any atom is -0.497 e. The van der Waals surface area contributed by atoms with Gasteiger partial charge in [0.15, 0.2) is 0 Å². The average Bonchev–Trinajstić information content (AvgIpc) is 2.51. The van der Waals surface area contributed by atoms with Gasteiger partial charge in [-0.1, -0.05) is 29.4 Å². The maximum absolute atomic E-state index is 12.5. The number of hydrogen-bond donors (Lipinski definition) is 0. The summed E-state index contributed by atoms with van der Waals surface area (Å²) in [6, 6.07) is 11.9. The first-order chi connectivity index (χ1) is 10.5. The molecule has 0 aliphatic rings. The van der Waals surface area contributed by atoms with Gasteiger partial charge in [-0.3, -0.25) is 0 Å². The van der Waals surface area contributed by atoms with E-state index in [9.17, 15) is 13.2 Å². The normalized spacial score (nSPS) is 11.6. The molecule has 0 N–H and O–H groups in total. The van der Waals surface area contributed by atoms with Crippen LogP contribution in [-0.2, 0) is 17.6 Å². The Labute approximate surface area is 126 Å². The number of benzene rings is 2. The Balaban J connectivity index is 1.95. The van der Waals surface area contributed by atoms with Crippen LogP contribution in [0, 0.1) is 0 Å². The van der Waals surface area contributed by atoms with Crippen LogP contribution in [0.2, 0.25) is 0 Å². The number of methoxy groups -OCH3 is 1. The highest BCUT2D eigenvalue weighted by Gasteiger charge is 2.30. The second-order valence-electron chi connectivity index (χ2n) is 4.41. The minimum atomic E-state index is -4.39. The van der Waals surface area contributed by atoms with Gasteiger partial charge in [0, 0.05) is 5.56 Å². The Hall–Kier alpha value is -2.50. The summed E-state index contributed by atoms with van der Waals surface area (Å²) >= 11 is 0. The lowest BCUT2D eigenvalue weighted by atomic mass is 10.1. The fourth-order valence-electron chi connectivity index (χ4n) is 1.72. The number of nitrogens with zero attached hydrogens (tertiary/aromatic N) is 1. The number of hydrogen-bond acceptors (Lipinski definition) is 3. The van der Waals surface area contributed by atoms with Crippen LogP contribution in [0.3, 0.4) is 0 Å². The van der Waals surface area contributed by atoms with Gasteiger partial charge in [0.05, 0.1) is 12.7 Å². The SMILES string of the molecule is COc1cccc(CO/N=[C]\c2cccc(C(F)(F)F)c2)c1. The van der Waals surface area contributed by atoms with Crippen LogP contribution < -0.4 is 4.74 Å². The van der Waals surface area contributed by atoms with Crippen LogP contribution in [-0.4, -0.2) is 13.3 Å². The maximum atomic E-state index is 12.5. The van der Waals surface area contributed by atoms with E-state index in [0.29, 0.717) is 5.75 Å². The van der Waals surface area contributed by atoms with Gasteiger partial charge in [0.25, 0.3) is 0 Å². The molecule has 2 aromatic rings. The molecule has 0 spiro atoms. The highest BCUT2D eigenvalue weighted by Crippen LogP contribution is 2.29. The summed E-state index contributed by atoms with van der Waals surface area (Å²) in [7, 11) is 1.56. The van der Waals surface area contributed by atoms with E-state index in [2.05, 4.69) is 11.4 Å². The summed E-state index contributed by atoms with van der Waals surface area (Å²) in [6.45, 7) is 0.170. The minimum absolute atomic E-state index is 0.170. The van der Waals surface area contributed by atoms with E-state index in [-0.39, 0.29) is 12.2 Å². The van der Waals surface area contributed by atoms with Crippen LogP contribution in [0.4, 0.5) is 13.2 Å². The summed E-state index contributed by atoms with van der Waals surface area (Å²) in [5.74, 6) is 0.687. The van der Waals surface area contributed by atoms with E-state index < -0.39 is 11.7 Å². The van der Waals surface area contributed by atoms with E-state index >= 15 is 0 Å². The van der Waals surface area contributed by atoms with Crippen LogP contribution >= 0.6 is 0 Å². The van der Waals surface area contributed by atoms with Gasteiger partial charge < -0.3 is 9.57 Å². The van der Waals surface area contributed by atoms with Gasteiger partial charge in [-0.05, 0) is 29.8 Å². The summed E-state index contributed by atoms with van der Waals surface area (Å²) in [5.41, 5.74) is 0.273. The van der Waals surface area contributed by atoms with Crippen molar-refractivity contribution in [2.75, 3.05) is 7.11 Å². The highest BCUT2D eigenvalue weighted by molar-refractivity contribution is 5.79. The van der Waals surface area contributed by atoms with Crippen molar-refractivity contribution in [1.82, 2.24) is 0 Å². The van der Waals surface area contributed by atoms with Crippen LogP contribution in [0.25, 0.3) is 0 Å². The fourth-order valence-corrected chi connectivity index (χ4v) is 1.72. The molecule has 0 heterocycles. The zero-order valence-electron chi connectivity index (χ0n) is 11.7. The summed E-state index contributed by atoms with van der Waals surface area (Å²) in [4.78, 5) is 5.03. The third-order valence-electron chi connectivity index (χ3n) is 2.79. The first-order valence-electron chi connectivity index (χ1n) is 6.37. The molecule has 0 fully saturated rings. The lowest BCUT2D eigenvalue weighted by Crippen LogP contribution is -2.05. The first kappa shape index (κ1) is 15.9. The van der Waals surface area contributed by atoms with E-state index in [4.69, 9.17) is 9.57 Å². The molecule has 115 valence electrons. The van der Waals surface area contributed by atoms with Gasteiger partial charge in [-0.2, -0.15) is 13.2 Å². The predicted molar refractivity (Wildman–Crippen MR) is 75.8 cm³/mol. The zero-order chi connectivity index (χ0) is 16.0. The van der Waals surface area contributed by atoms with Crippen molar-refractivity contribution in [3.63, 3.8) is 0 Å². The summed E-state index contributed by atoms with van der Waals surface area (Å²) in [5, 5.41) is 3.56. The van der Waals surface area contributed by atoms with Crippen molar-refractivity contribution in [1.29, 1.82) is 0 Å². The van der Waals surface area contributed by atoms with Crippen molar-refractivity contribution in [3.05, 3.63) is 65.2 Å². The molecular formula is C16H13F3NO2. The molecular weight excluding hydrogens is 295 g/mol. The lowest BCUT2D eigenvalue weighted by molar-refractivity contribution is -0.137. The number of alkyl halides is 3. The third kappa shape index (κ3) is 4.51. The quantitative estimate of drug-likeness (QED) is 0.614. The molecule has 0 aromatic heterocycles. The molecule has 0 amide bonds. The molecule has 0 aliphatic carbocycles. The highest BCUT2D eigenvalue weighted by atomic mass is 19.4. The van der Waals surface area contributed by atoms with Crippen molar-refractivity contribution >= 4 is 6.21 Å². The van der Waals surface area contributed by atoms with E-state index in [1.54, 1.807) is 25.3 Å². The maximum Gasteiger partial charge on any atom is 0.416 e. The monoisotopic (exact) mass is 308 g/mol. The Kier molecular flexibility index (Phi) is 5.04. The van der Waals surface area contributed by atoms with Crippen LogP contribution in [0.15, 0.2) is 53.7 Å². The standard InChI is InChI=1S/C16H13F3NO2/c1-21-15-7-3-5-13(9-15)11-22-20-10-12-4-2-6-14(8-12)16(17,18)19/h2-9H,11H2,1H3. The molecule has 0 atom stereocenters. The van der Waals surface area contributed by atoms with Crippen molar-refractivity contribution < 1.29 is 22.7 Å². The van der Waals surface area contributed by atoms with E-state index in [1.807, 2.05) is 6.07 Å². The molecule has 2 rings (SSSR count). The van der Waals surface area contributed by atoms with Crippen molar-refractivity contribution in [2.45, 2.75) is 12.8 Å². The molecule has 0 saturated heterocycles. The van der Waals surface area contributed by atoms with Crippen LogP contribution in [0.5, 0.6) is 5.75 Å². The largest absolute Gasteiger partial charge is 0.497 e. The van der Waals surface area contributed by atoms with Gasteiger partial charge in [0.2, 0.25) is 0 Å². The molecule has 0 unspecified atom stereocenters. The third-order valence-corrected chi connectivity index (χ3v) is 2.79. The summed E-state index contributed by atoms with van der Waals surface area (Å²) < 4.78 is 42.7. The number of rotatable bonds is 5. The van der Waals surface area contributed by atoms with Gasteiger partial charge in [-0.15, -0.1) is 0 Å². The second-order valence-corrected chi connectivity index (χ2v) is 4.41. The Morgan fingerprint density at radius 2 is 1.86 bits per heavy atom. The molecule has 2 aromatic carbocycles. The van der Waals surface area contributed by atoms with Crippen molar-refractivity contribution in [3.8, 4) is 5.75 Å². The lowest BCUT2D eigenvalue weighted by Gasteiger charge is -2.06. The molecule has 0 saturated carbocycles. The number of ether oxygens (including phenoxy) is 1. The van der Waals surface area contributed by atoms with E-state index in [1.165, 1.54) is 12.1 Å². The zero-order valence-corrected chi connectivity index (χ0v) is 11.7. The summed E-state index contributed by atoms with van der Waals surface area (Å²) in [6.07, 6.45) is -1.96. The molecule has 6 heteroatoms. The van der Waals surface area contributed by atoms with Gasteiger partial charge in [0.1, 0.15) is 18.6 Å². The Morgan fingerprint density at radius 3 is 2.59 bits per heavy atom. The molecule has 0 bridgehead atoms. The van der Waals surface area contributed by atoms with E-state index in [0.717, 1.165) is 17.7 Å². The number of halogens is 3.